The van der Waals surface area contributed by atoms with Crippen molar-refractivity contribution in [3.63, 3.8) is 0 Å². The third-order valence-corrected chi connectivity index (χ3v) is 6.95. The zero-order chi connectivity index (χ0) is 17.4. The summed E-state index contributed by atoms with van der Waals surface area (Å²) >= 11 is 1.40. The van der Waals surface area contributed by atoms with E-state index in [9.17, 15) is 9.59 Å². The van der Waals surface area contributed by atoms with Gasteiger partial charge < -0.3 is 16.0 Å². The van der Waals surface area contributed by atoms with E-state index >= 15 is 0 Å². The minimum Gasteiger partial charge on any atom is -0.330 e. The standard InChI is InChI=1S/C18H26N4O2S/c19-15-11-3-1-4-12(15)10-13(9-11)17(24)22-7-2-5-14(22)16(23)21-18-20-6-8-25-18/h6,8,11-15H,1-5,7,9-10,19H2,(H,20,21,23). The van der Waals surface area contributed by atoms with Crippen molar-refractivity contribution < 1.29 is 9.59 Å². The molecule has 3 aliphatic rings. The highest BCUT2D eigenvalue weighted by Crippen LogP contribution is 2.43. The summed E-state index contributed by atoms with van der Waals surface area (Å²) in [5.41, 5.74) is 6.36. The third kappa shape index (κ3) is 3.31. The van der Waals surface area contributed by atoms with Crippen LogP contribution in [0.25, 0.3) is 0 Å². The van der Waals surface area contributed by atoms with Gasteiger partial charge >= 0.3 is 0 Å². The van der Waals surface area contributed by atoms with Crippen molar-refractivity contribution in [1.29, 1.82) is 0 Å². The Bertz CT molecular complexity index is 621. The molecule has 3 atom stereocenters. The number of anilines is 1. The van der Waals surface area contributed by atoms with Gasteiger partial charge in [-0.15, -0.1) is 11.3 Å². The Balaban J connectivity index is 1.43. The maximum Gasteiger partial charge on any atom is 0.248 e. The van der Waals surface area contributed by atoms with Crippen LogP contribution in [0.1, 0.15) is 44.9 Å². The van der Waals surface area contributed by atoms with Crippen molar-refractivity contribution in [2.45, 2.75) is 57.0 Å². The molecule has 1 aromatic heterocycles. The summed E-state index contributed by atoms with van der Waals surface area (Å²) in [6.07, 6.45) is 8.63. The van der Waals surface area contributed by atoms with Gasteiger partial charge in [-0.25, -0.2) is 4.98 Å². The molecule has 3 unspecified atom stereocenters. The van der Waals surface area contributed by atoms with Crippen LogP contribution in [-0.2, 0) is 9.59 Å². The minimum absolute atomic E-state index is 0.0448. The van der Waals surface area contributed by atoms with Crippen LogP contribution in [0.5, 0.6) is 0 Å². The second-order valence-corrected chi connectivity index (χ2v) is 8.61. The van der Waals surface area contributed by atoms with E-state index in [-0.39, 0.29) is 29.8 Å². The first-order valence-corrected chi connectivity index (χ1v) is 10.3. The van der Waals surface area contributed by atoms with Crippen molar-refractivity contribution in [1.82, 2.24) is 9.88 Å². The summed E-state index contributed by atoms with van der Waals surface area (Å²) in [6.45, 7) is 0.687. The molecule has 2 bridgehead atoms. The second kappa shape index (κ2) is 7.03. The van der Waals surface area contributed by atoms with Crippen LogP contribution in [0.4, 0.5) is 5.13 Å². The van der Waals surface area contributed by atoms with Gasteiger partial charge in [0.05, 0.1) is 0 Å². The van der Waals surface area contributed by atoms with Gasteiger partial charge in [0.1, 0.15) is 6.04 Å². The number of nitrogens with one attached hydrogen (secondary N) is 1. The number of thiazole rings is 1. The number of hydrogen-bond donors (Lipinski definition) is 2. The number of likely N-dealkylation sites (tertiary alicyclic amines) is 1. The first-order valence-electron chi connectivity index (χ1n) is 9.40. The SMILES string of the molecule is NC1C2CCCC1CC(C(=O)N1CCCC1C(=O)Nc1nccs1)C2. The van der Waals surface area contributed by atoms with Crippen LogP contribution >= 0.6 is 11.3 Å². The maximum atomic E-state index is 13.1. The van der Waals surface area contributed by atoms with Crippen molar-refractivity contribution >= 4 is 28.3 Å². The summed E-state index contributed by atoms with van der Waals surface area (Å²) < 4.78 is 0. The molecule has 0 spiro atoms. The molecule has 6 nitrogen and oxygen atoms in total. The highest BCUT2D eigenvalue weighted by Gasteiger charge is 2.44. The van der Waals surface area contributed by atoms with Crippen LogP contribution < -0.4 is 11.1 Å². The Morgan fingerprint density at radius 2 is 1.96 bits per heavy atom. The van der Waals surface area contributed by atoms with E-state index in [1.807, 2.05) is 10.3 Å². The van der Waals surface area contributed by atoms with Crippen LogP contribution in [0, 0.1) is 17.8 Å². The number of hydrogen-bond acceptors (Lipinski definition) is 5. The van der Waals surface area contributed by atoms with Crippen molar-refractivity contribution in [2.24, 2.45) is 23.5 Å². The summed E-state index contributed by atoms with van der Waals surface area (Å²) in [5.74, 6) is 1.07. The zero-order valence-electron chi connectivity index (χ0n) is 14.4. The molecule has 2 heterocycles. The number of fused-ring (bicyclic) bond motifs is 2. The molecule has 4 rings (SSSR count). The summed E-state index contributed by atoms with van der Waals surface area (Å²) in [6, 6.07) is -0.0905. The molecule has 1 aromatic rings. The van der Waals surface area contributed by atoms with Crippen molar-refractivity contribution in [3.05, 3.63) is 11.6 Å². The lowest BCUT2D eigenvalue weighted by Crippen LogP contribution is -2.51. The molecule has 1 saturated heterocycles. The van der Waals surface area contributed by atoms with Crippen LogP contribution in [0.2, 0.25) is 0 Å². The maximum absolute atomic E-state index is 13.1. The molecule has 2 saturated carbocycles. The lowest BCUT2D eigenvalue weighted by molar-refractivity contribution is -0.142. The number of nitrogens with two attached hydrogens (primary N) is 1. The van der Waals surface area contributed by atoms with Crippen molar-refractivity contribution in [2.75, 3.05) is 11.9 Å². The van der Waals surface area contributed by atoms with E-state index in [0.29, 0.717) is 23.5 Å². The van der Waals surface area contributed by atoms with Crippen LogP contribution in [-0.4, -0.2) is 40.3 Å². The third-order valence-electron chi connectivity index (χ3n) is 6.26. The number of carbonyl (C=O) groups is 2. The Hall–Kier alpha value is -1.47. The second-order valence-electron chi connectivity index (χ2n) is 7.71. The van der Waals surface area contributed by atoms with E-state index in [0.717, 1.165) is 38.5 Å². The first kappa shape index (κ1) is 17.0. The normalized spacial score (nSPS) is 34.8. The smallest absolute Gasteiger partial charge is 0.248 e. The zero-order valence-corrected chi connectivity index (χ0v) is 15.2. The van der Waals surface area contributed by atoms with Gasteiger partial charge in [-0.2, -0.15) is 0 Å². The fourth-order valence-corrected chi connectivity index (χ4v) is 5.53. The highest BCUT2D eigenvalue weighted by atomic mass is 32.1. The molecular formula is C18H26N4O2S. The van der Waals surface area contributed by atoms with Crippen LogP contribution in [0.3, 0.4) is 0 Å². The lowest BCUT2D eigenvalue weighted by atomic mass is 9.65. The van der Waals surface area contributed by atoms with Gasteiger partial charge in [-0.05, 0) is 50.4 Å². The number of aromatic nitrogens is 1. The van der Waals surface area contributed by atoms with Gasteiger partial charge in [0, 0.05) is 30.1 Å². The van der Waals surface area contributed by atoms with Gasteiger partial charge in [-0.1, -0.05) is 6.42 Å². The quantitative estimate of drug-likeness (QED) is 0.863. The van der Waals surface area contributed by atoms with E-state index in [1.165, 1.54) is 17.8 Å². The lowest BCUT2D eigenvalue weighted by Gasteiger charge is -2.44. The predicted octanol–water partition coefficient (Wildman–Crippen LogP) is 2.23. The highest BCUT2D eigenvalue weighted by molar-refractivity contribution is 7.13. The molecule has 0 aromatic carbocycles. The summed E-state index contributed by atoms with van der Waals surface area (Å²) in [5, 5.41) is 5.28. The van der Waals surface area contributed by atoms with Crippen molar-refractivity contribution in [3.8, 4) is 0 Å². The first-order chi connectivity index (χ1) is 12.1. The fraction of sp³-hybridized carbons (Fsp3) is 0.722. The molecular weight excluding hydrogens is 336 g/mol. The molecule has 2 amide bonds. The average Bonchev–Trinajstić information content (AvgIpc) is 3.25. The monoisotopic (exact) mass is 362 g/mol. The minimum atomic E-state index is -0.355. The molecule has 25 heavy (non-hydrogen) atoms. The van der Waals surface area contributed by atoms with Gasteiger partial charge in [0.15, 0.2) is 5.13 Å². The molecule has 1 aliphatic heterocycles. The van der Waals surface area contributed by atoms with Gasteiger partial charge in [0.2, 0.25) is 11.8 Å². The fourth-order valence-electron chi connectivity index (χ4n) is 5.00. The summed E-state index contributed by atoms with van der Waals surface area (Å²) in [7, 11) is 0. The molecule has 3 fully saturated rings. The molecule has 0 radical (unpaired) electrons. The predicted molar refractivity (Wildman–Crippen MR) is 97.0 cm³/mol. The van der Waals surface area contributed by atoms with Gasteiger partial charge in [-0.3, -0.25) is 9.59 Å². The largest absolute Gasteiger partial charge is 0.330 e. The van der Waals surface area contributed by atoms with E-state index < -0.39 is 0 Å². The van der Waals surface area contributed by atoms with E-state index in [2.05, 4.69) is 10.3 Å². The van der Waals surface area contributed by atoms with Crippen LogP contribution in [0.15, 0.2) is 11.6 Å². The Labute approximate surface area is 152 Å². The molecule has 2 aliphatic carbocycles. The molecule has 136 valence electrons. The summed E-state index contributed by atoms with van der Waals surface area (Å²) in [4.78, 5) is 31.7. The topological polar surface area (TPSA) is 88.3 Å². The Kier molecular flexibility index (Phi) is 4.78. The number of nitrogens with zero attached hydrogens (tertiary/aromatic N) is 2. The molecule has 3 N–H and O–H groups in total. The Morgan fingerprint density at radius 1 is 1.20 bits per heavy atom. The van der Waals surface area contributed by atoms with Gasteiger partial charge in [0.25, 0.3) is 0 Å². The Morgan fingerprint density at radius 3 is 2.64 bits per heavy atom. The average molecular weight is 362 g/mol. The number of carbonyl (C=O) groups excluding carboxylic acids is 2. The molecule has 7 heteroatoms. The van der Waals surface area contributed by atoms with E-state index in [4.69, 9.17) is 5.73 Å². The van der Waals surface area contributed by atoms with E-state index in [1.54, 1.807) is 6.20 Å². The number of rotatable bonds is 3. The number of amides is 2.